The van der Waals surface area contributed by atoms with Gasteiger partial charge in [-0.3, -0.25) is 0 Å². The number of furan rings is 1. The Morgan fingerprint density at radius 2 is 2.21 bits per heavy atom. The van der Waals surface area contributed by atoms with Crippen LogP contribution < -0.4 is 0 Å². The smallest absolute Gasteiger partial charge is 0.328 e. The molecule has 1 aromatic carbocycles. The van der Waals surface area contributed by atoms with Crippen LogP contribution in [-0.4, -0.2) is 11.1 Å². The fourth-order valence-corrected chi connectivity index (χ4v) is 1.32. The van der Waals surface area contributed by atoms with Gasteiger partial charge < -0.3 is 9.52 Å². The number of carbonyl (C=O) groups is 1. The average molecular weight is 188 g/mol. The van der Waals surface area contributed by atoms with Crippen LogP contribution in [-0.2, 0) is 4.79 Å². The maximum absolute atomic E-state index is 10.3. The summed E-state index contributed by atoms with van der Waals surface area (Å²) in [4.78, 5) is 10.3. The third-order valence-corrected chi connectivity index (χ3v) is 1.94. The maximum Gasteiger partial charge on any atom is 0.328 e. The van der Waals surface area contributed by atoms with Crippen molar-refractivity contribution in [3.8, 4) is 0 Å². The van der Waals surface area contributed by atoms with Gasteiger partial charge in [-0.2, -0.15) is 0 Å². The minimum absolute atomic E-state index is 0.762. The third-order valence-electron chi connectivity index (χ3n) is 1.94. The van der Waals surface area contributed by atoms with Crippen LogP contribution in [0, 0.1) is 0 Å². The molecule has 0 radical (unpaired) electrons. The Labute approximate surface area is 80.3 Å². The molecule has 0 aliphatic heterocycles. The molecule has 0 saturated heterocycles. The number of hydrogen-bond acceptors (Lipinski definition) is 2. The van der Waals surface area contributed by atoms with Gasteiger partial charge >= 0.3 is 5.97 Å². The normalized spacial score (nSPS) is 11.1. The van der Waals surface area contributed by atoms with E-state index < -0.39 is 5.97 Å². The molecule has 0 aliphatic rings. The number of carboxylic acid groups (broad SMARTS) is 1. The Bertz CT molecular complexity index is 494. The lowest BCUT2D eigenvalue weighted by Crippen LogP contribution is -1.85. The van der Waals surface area contributed by atoms with Crippen LogP contribution in [0.15, 0.2) is 41.0 Å². The summed E-state index contributed by atoms with van der Waals surface area (Å²) in [5.74, 6) is -0.953. The van der Waals surface area contributed by atoms with Crippen LogP contribution in [0.25, 0.3) is 17.0 Å². The van der Waals surface area contributed by atoms with Crippen molar-refractivity contribution in [2.24, 2.45) is 0 Å². The fraction of sp³-hybridized carbons (Fsp3) is 0. The second kappa shape index (κ2) is 3.38. The zero-order chi connectivity index (χ0) is 9.97. The van der Waals surface area contributed by atoms with Gasteiger partial charge in [-0.1, -0.05) is 12.1 Å². The predicted molar refractivity (Wildman–Crippen MR) is 52.9 cm³/mol. The van der Waals surface area contributed by atoms with Crippen molar-refractivity contribution >= 4 is 23.0 Å². The summed E-state index contributed by atoms with van der Waals surface area (Å²) in [6, 6.07) is 7.33. The second-order valence-electron chi connectivity index (χ2n) is 2.85. The number of fused-ring (bicyclic) bond motifs is 1. The van der Waals surface area contributed by atoms with Crippen molar-refractivity contribution in [2.75, 3.05) is 0 Å². The van der Waals surface area contributed by atoms with Gasteiger partial charge in [0.15, 0.2) is 0 Å². The summed E-state index contributed by atoms with van der Waals surface area (Å²) >= 11 is 0. The molecular formula is C11H8O3. The zero-order valence-electron chi connectivity index (χ0n) is 7.31. The summed E-state index contributed by atoms with van der Waals surface area (Å²) in [5.41, 5.74) is 1.61. The molecule has 0 saturated carbocycles. The van der Waals surface area contributed by atoms with Crippen molar-refractivity contribution in [3.63, 3.8) is 0 Å². The summed E-state index contributed by atoms with van der Waals surface area (Å²) in [6.07, 6.45) is 4.25. The van der Waals surface area contributed by atoms with Gasteiger partial charge in [0.1, 0.15) is 5.58 Å². The molecule has 0 spiro atoms. The van der Waals surface area contributed by atoms with E-state index in [1.165, 1.54) is 0 Å². The van der Waals surface area contributed by atoms with E-state index in [2.05, 4.69) is 0 Å². The molecule has 2 rings (SSSR count). The SMILES string of the molecule is O=C(O)/C=C/c1cccc2occc12. The number of carboxylic acids is 1. The molecule has 14 heavy (non-hydrogen) atoms. The largest absolute Gasteiger partial charge is 0.478 e. The molecule has 0 atom stereocenters. The van der Waals surface area contributed by atoms with E-state index in [1.54, 1.807) is 12.3 Å². The zero-order valence-corrected chi connectivity index (χ0v) is 7.31. The second-order valence-corrected chi connectivity index (χ2v) is 2.85. The molecule has 0 amide bonds. The van der Waals surface area contributed by atoms with Crippen molar-refractivity contribution in [3.05, 3.63) is 42.2 Å². The number of aliphatic carboxylic acids is 1. The number of hydrogen-bond donors (Lipinski definition) is 1. The first-order valence-electron chi connectivity index (χ1n) is 4.14. The van der Waals surface area contributed by atoms with Gasteiger partial charge in [0.2, 0.25) is 0 Å². The third kappa shape index (κ3) is 1.52. The van der Waals surface area contributed by atoms with E-state index in [-0.39, 0.29) is 0 Å². The van der Waals surface area contributed by atoms with Gasteiger partial charge in [-0.05, 0) is 23.8 Å². The lowest BCUT2D eigenvalue weighted by Gasteiger charge is -1.93. The highest BCUT2D eigenvalue weighted by molar-refractivity contribution is 5.92. The Hall–Kier alpha value is -2.03. The summed E-state index contributed by atoms with van der Waals surface area (Å²) in [5, 5.41) is 9.41. The van der Waals surface area contributed by atoms with Crippen LogP contribution in [0.1, 0.15) is 5.56 Å². The maximum atomic E-state index is 10.3. The first-order valence-corrected chi connectivity index (χ1v) is 4.14. The van der Waals surface area contributed by atoms with Crippen molar-refractivity contribution in [1.82, 2.24) is 0 Å². The molecule has 0 fully saturated rings. The molecule has 2 aromatic rings. The van der Waals surface area contributed by atoms with E-state index in [4.69, 9.17) is 9.52 Å². The fourth-order valence-electron chi connectivity index (χ4n) is 1.32. The molecule has 3 nitrogen and oxygen atoms in total. The lowest BCUT2D eigenvalue weighted by molar-refractivity contribution is -0.131. The van der Waals surface area contributed by atoms with Crippen LogP contribution >= 0.6 is 0 Å². The Kier molecular flexibility index (Phi) is 2.07. The van der Waals surface area contributed by atoms with Crippen molar-refractivity contribution in [2.45, 2.75) is 0 Å². The van der Waals surface area contributed by atoms with Crippen molar-refractivity contribution in [1.29, 1.82) is 0 Å². The van der Waals surface area contributed by atoms with E-state index in [9.17, 15) is 4.79 Å². The molecule has 1 N–H and O–H groups in total. The Morgan fingerprint density at radius 1 is 1.36 bits per heavy atom. The summed E-state index contributed by atoms with van der Waals surface area (Å²) in [6.45, 7) is 0. The van der Waals surface area contributed by atoms with E-state index in [0.29, 0.717) is 0 Å². The van der Waals surface area contributed by atoms with Gasteiger partial charge in [-0.15, -0.1) is 0 Å². The molecule has 1 heterocycles. The molecule has 1 aromatic heterocycles. The molecular weight excluding hydrogens is 180 g/mol. The first kappa shape index (κ1) is 8.56. The predicted octanol–water partition coefficient (Wildman–Crippen LogP) is 2.53. The topological polar surface area (TPSA) is 50.4 Å². The standard InChI is InChI=1S/C11H8O3/c12-11(13)5-4-8-2-1-3-10-9(8)6-7-14-10/h1-7H,(H,12,13)/b5-4+. The molecule has 0 bridgehead atoms. The van der Waals surface area contributed by atoms with E-state index >= 15 is 0 Å². The molecule has 70 valence electrons. The van der Waals surface area contributed by atoms with E-state index in [1.807, 2.05) is 24.3 Å². The number of rotatable bonds is 2. The van der Waals surface area contributed by atoms with E-state index in [0.717, 1.165) is 22.6 Å². The minimum atomic E-state index is -0.953. The highest BCUT2D eigenvalue weighted by Crippen LogP contribution is 2.20. The van der Waals surface area contributed by atoms with Gasteiger partial charge in [0, 0.05) is 11.5 Å². The van der Waals surface area contributed by atoms with Crippen LogP contribution in [0.5, 0.6) is 0 Å². The average Bonchev–Trinajstić information content (AvgIpc) is 2.62. The van der Waals surface area contributed by atoms with Gasteiger partial charge in [0.05, 0.1) is 6.26 Å². The van der Waals surface area contributed by atoms with Crippen molar-refractivity contribution < 1.29 is 14.3 Å². The minimum Gasteiger partial charge on any atom is -0.478 e. The summed E-state index contributed by atoms with van der Waals surface area (Å²) < 4.78 is 5.18. The Morgan fingerprint density at radius 3 is 3.00 bits per heavy atom. The molecule has 3 heteroatoms. The quantitative estimate of drug-likeness (QED) is 0.736. The van der Waals surface area contributed by atoms with Crippen LogP contribution in [0.2, 0.25) is 0 Å². The van der Waals surface area contributed by atoms with Gasteiger partial charge in [0.25, 0.3) is 0 Å². The molecule has 0 unspecified atom stereocenters. The molecule has 0 aliphatic carbocycles. The van der Waals surface area contributed by atoms with Gasteiger partial charge in [-0.25, -0.2) is 4.79 Å². The van der Waals surface area contributed by atoms with Crippen LogP contribution in [0.4, 0.5) is 0 Å². The lowest BCUT2D eigenvalue weighted by atomic mass is 10.1. The summed E-state index contributed by atoms with van der Waals surface area (Å²) in [7, 11) is 0. The van der Waals surface area contributed by atoms with Crippen LogP contribution in [0.3, 0.4) is 0 Å². The monoisotopic (exact) mass is 188 g/mol. The Balaban J connectivity index is 2.51. The highest BCUT2D eigenvalue weighted by atomic mass is 16.4. The number of benzene rings is 1. The first-order chi connectivity index (χ1) is 6.77. The highest BCUT2D eigenvalue weighted by Gasteiger charge is 1.99.